The van der Waals surface area contributed by atoms with Gasteiger partial charge in [0.2, 0.25) is 0 Å². The van der Waals surface area contributed by atoms with Gasteiger partial charge in [-0.1, -0.05) is 0 Å². The minimum Gasteiger partial charge on any atom is -0.296 e. The molecule has 0 N–H and O–H groups in total. The third-order valence-corrected chi connectivity index (χ3v) is 1.82. The smallest absolute Gasteiger partial charge is 0.296 e. The number of hydrogen-bond acceptors (Lipinski definition) is 3. The minimum absolute atomic E-state index is 0.310. The molecule has 1 aromatic rings. The molecule has 0 saturated heterocycles. The highest BCUT2D eigenvalue weighted by atomic mass is 19.4. The molecule has 0 bridgehead atoms. The number of halogens is 5. The van der Waals surface area contributed by atoms with Crippen LogP contribution in [0.1, 0.15) is 33.7 Å². The van der Waals surface area contributed by atoms with Gasteiger partial charge in [-0.2, -0.15) is 18.4 Å². The van der Waals surface area contributed by atoms with Gasteiger partial charge < -0.3 is 0 Å². The average Bonchev–Trinajstić information content (AvgIpc) is 2.25. The summed E-state index contributed by atoms with van der Waals surface area (Å²) < 4.78 is 62.3. The highest BCUT2D eigenvalue weighted by molar-refractivity contribution is 5.76. The van der Waals surface area contributed by atoms with E-state index >= 15 is 0 Å². The summed E-state index contributed by atoms with van der Waals surface area (Å²) in [6.07, 6.45) is -8.90. The van der Waals surface area contributed by atoms with Gasteiger partial charge in [-0.3, -0.25) is 4.79 Å². The van der Waals surface area contributed by atoms with Gasteiger partial charge in [0, 0.05) is 5.56 Å². The summed E-state index contributed by atoms with van der Waals surface area (Å²) in [5, 5.41) is 8.40. The van der Waals surface area contributed by atoms with E-state index in [0.717, 1.165) is 0 Å². The largest absolute Gasteiger partial charge is 0.419 e. The third kappa shape index (κ3) is 2.55. The molecule has 0 unspecified atom stereocenters. The first-order chi connectivity index (χ1) is 7.81. The van der Waals surface area contributed by atoms with E-state index < -0.39 is 35.1 Å². The Bertz CT molecular complexity index is 489. The normalized spacial score (nSPS) is 11.4. The molecule has 8 heteroatoms. The first-order valence-corrected chi connectivity index (χ1v) is 4.06. The second-order valence-corrected chi connectivity index (χ2v) is 2.89. The van der Waals surface area contributed by atoms with Crippen LogP contribution in [0.25, 0.3) is 0 Å². The van der Waals surface area contributed by atoms with Gasteiger partial charge in [0.15, 0.2) is 6.29 Å². The van der Waals surface area contributed by atoms with Gasteiger partial charge in [0.25, 0.3) is 6.43 Å². The second-order valence-electron chi connectivity index (χ2n) is 2.89. The number of aldehydes is 1. The highest BCUT2D eigenvalue weighted by Crippen LogP contribution is 2.37. The SMILES string of the molecule is N#Cc1cc(C(F)F)c(C(F)(F)F)c(C=O)n1. The predicted molar refractivity (Wildman–Crippen MR) is 44.3 cm³/mol. The van der Waals surface area contributed by atoms with Crippen molar-refractivity contribution in [1.82, 2.24) is 4.98 Å². The van der Waals surface area contributed by atoms with Crippen LogP contribution in [0.2, 0.25) is 0 Å². The molecule has 0 radical (unpaired) electrons. The van der Waals surface area contributed by atoms with E-state index in [1.807, 2.05) is 0 Å². The van der Waals surface area contributed by atoms with E-state index in [4.69, 9.17) is 5.26 Å². The molecule has 1 aromatic heterocycles. The van der Waals surface area contributed by atoms with Gasteiger partial charge in [-0.15, -0.1) is 0 Å². The van der Waals surface area contributed by atoms with Gasteiger partial charge >= 0.3 is 6.18 Å². The Morgan fingerprint density at radius 1 is 1.41 bits per heavy atom. The Kier molecular flexibility index (Phi) is 3.41. The number of hydrogen-bond donors (Lipinski definition) is 0. The third-order valence-electron chi connectivity index (χ3n) is 1.82. The number of carbonyl (C=O) groups excluding carboxylic acids is 1. The fourth-order valence-corrected chi connectivity index (χ4v) is 1.21. The topological polar surface area (TPSA) is 53.8 Å². The zero-order chi connectivity index (χ0) is 13.2. The molecule has 0 amide bonds. The minimum atomic E-state index is -5.14. The molecule has 1 heterocycles. The maximum atomic E-state index is 12.5. The lowest BCUT2D eigenvalue weighted by molar-refractivity contribution is -0.140. The molecule has 90 valence electrons. The summed E-state index contributed by atoms with van der Waals surface area (Å²) in [4.78, 5) is 13.4. The molecule has 0 aliphatic heterocycles. The molecule has 1 rings (SSSR count). The fourth-order valence-electron chi connectivity index (χ4n) is 1.21. The molecular weight excluding hydrogens is 247 g/mol. The van der Waals surface area contributed by atoms with Crippen molar-refractivity contribution in [3.8, 4) is 6.07 Å². The van der Waals surface area contributed by atoms with E-state index in [1.54, 1.807) is 0 Å². The number of pyridine rings is 1. The summed E-state index contributed by atoms with van der Waals surface area (Å²) in [6.45, 7) is 0. The van der Waals surface area contributed by atoms with Crippen molar-refractivity contribution in [2.45, 2.75) is 12.6 Å². The lowest BCUT2D eigenvalue weighted by Crippen LogP contribution is -2.15. The van der Waals surface area contributed by atoms with Crippen LogP contribution in [0.4, 0.5) is 22.0 Å². The number of carbonyl (C=O) groups is 1. The van der Waals surface area contributed by atoms with Crippen molar-refractivity contribution < 1.29 is 26.7 Å². The molecule has 17 heavy (non-hydrogen) atoms. The molecule has 0 atom stereocenters. The van der Waals surface area contributed by atoms with Crippen LogP contribution >= 0.6 is 0 Å². The number of rotatable bonds is 2. The van der Waals surface area contributed by atoms with Crippen molar-refractivity contribution in [1.29, 1.82) is 5.26 Å². The summed E-state index contributed by atoms with van der Waals surface area (Å²) in [7, 11) is 0. The molecule has 0 aromatic carbocycles. The van der Waals surface area contributed by atoms with E-state index in [2.05, 4.69) is 4.98 Å². The van der Waals surface area contributed by atoms with Crippen LogP contribution in [0.5, 0.6) is 0 Å². The number of aromatic nitrogens is 1. The van der Waals surface area contributed by atoms with E-state index in [0.29, 0.717) is 6.07 Å². The molecule has 0 aliphatic carbocycles. The van der Waals surface area contributed by atoms with Crippen molar-refractivity contribution in [3.05, 3.63) is 28.6 Å². The zero-order valence-corrected chi connectivity index (χ0v) is 7.92. The second kappa shape index (κ2) is 4.45. The molecular formula is C9H3F5N2O. The predicted octanol–water partition coefficient (Wildman–Crippen LogP) is 2.72. The monoisotopic (exact) mass is 250 g/mol. The lowest BCUT2D eigenvalue weighted by atomic mass is 10.1. The van der Waals surface area contributed by atoms with Gasteiger partial charge in [-0.25, -0.2) is 13.8 Å². The molecule has 0 fully saturated rings. The number of alkyl halides is 5. The van der Waals surface area contributed by atoms with Crippen LogP contribution in [0.3, 0.4) is 0 Å². The van der Waals surface area contributed by atoms with Crippen LogP contribution < -0.4 is 0 Å². The quantitative estimate of drug-likeness (QED) is 0.599. The van der Waals surface area contributed by atoms with Crippen LogP contribution in [-0.2, 0) is 6.18 Å². The first-order valence-electron chi connectivity index (χ1n) is 4.06. The van der Waals surface area contributed by atoms with Crippen molar-refractivity contribution >= 4 is 6.29 Å². The standard InChI is InChI=1S/C9H3F5N2O/c10-8(11)5-1-4(2-15)16-6(3-17)7(5)9(12,13)14/h1,3,8H. The first kappa shape index (κ1) is 13.0. The van der Waals surface area contributed by atoms with Crippen LogP contribution in [-0.4, -0.2) is 11.3 Å². The Balaban J connectivity index is 3.66. The highest BCUT2D eigenvalue weighted by Gasteiger charge is 2.39. The Morgan fingerprint density at radius 2 is 2.00 bits per heavy atom. The summed E-state index contributed by atoms with van der Waals surface area (Å²) in [5.41, 5.74) is -5.12. The number of nitriles is 1. The maximum Gasteiger partial charge on any atom is 0.419 e. The van der Waals surface area contributed by atoms with Crippen molar-refractivity contribution in [3.63, 3.8) is 0 Å². The van der Waals surface area contributed by atoms with Crippen LogP contribution in [0, 0.1) is 11.3 Å². The number of nitrogens with zero attached hydrogens (tertiary/aromatic N) is 2. The Hall–Kier alpha value is -2.04. The van der Waals surface area contributed by atoms with Gasteiger partial charge in [0.05, 0.1) is 5.56 Å². The van der Waals surface area contributed by atoms with E-state index in [9.17, 15) is 26.7 Å². The summed E-state index contributed by atoms with van der Waals surface area (Å²) >= 11 is 0. The fraction of sp³-hybridized carbons (Fsp3) is 0.222. The zero-order valence-electron chi connectivity index (χ0n) is 7.92. The van der Waals surface area contributed by atoms with Gasteiger partial charge in [0.1, 0.15) is 17.5 Å². The van der Waals surface area contributed by atoms with Crippen LogP contribution in [0.15, 0.2) is 6.07 Å². The average molecular weight is 250 g/mol. The Morgan fingerprint density at radius 3 is 2.35 bits per heavy atom. The van der Waals surface area contributed by atoms with E-state index in [1.165, 1.54) is 6.07 Å². The molecule has 0 saturated carbocycles. The van der Waals surface area contributed by atoms with Gasteiger partial charge in [-0.05, 0) is 6.07 Å². The summed E-state index contributed by atoms with van der Waals surface area (Å²) in [6, 6.07) is 1.62. The van der Waals surface area contributed by atoms with Crippen molar-refractivity contribution in [2.75, 3.05) is 0 Å². The summed E-state index contributed by atoms with van der Waals surface area (Å²) in [5.74, 6) is 0. The lowest BCUT2D eigenvalue weighted by Gasteiger charge is -2.13. The van der Waals surface area contributed by atoms with Crippen molar-refractivity contribution in [2.24, 2.45) is 0 Å². The molecule has 0 aliphatic rings. The maximum absolute atomic E-state index is 12.5. The molecule has 0 spiro atoms. The Labute approximate surface area is 91.5 Å². The van der Waals surface area contributed by atoms with E-state index in [-0.39, 0.29) is 6.29 Å². The molecule has 3 nitrogen and oxygen atoms in total.